The van der Waals surface area contributed by atoms with Crippen LogP contribution in [0.3, 0.4) is 0 Å². The van der Waals surface area contributed by atoms with Gasteiger partial charge in [-0.1, -0.05) is 27.7 Å². The first-order chi connectivity index (χ1) is 14.3. The van der Waals surface area contributed by atoms with Gasteiger partial charge in [0, 0.05) is 55.6 Å². The Bertz CT molecular complexity index is 1040. The van der Waals surface area contributed by atoms with Gasteiger partial charge < -0.3 is 9.80 Å². The molecule has 4 heterocycles. The van der Waals surface area contributed by atoms with E-state index in [0.717, 1.165) is 30.8 Å². The Hall–Kier alpha value is -2.64. The standard InChI is InChI=1S/C22H31N5O3/c1-13(2)20(28)25-8-5-6-15(11-25)18-10-19-23-17-7-9-26(21(29)14(3)4)12-16(17)22(30)27(19)24-18/h10,13-15,24H,5-9,11-12H2,1-4H3. The van der Waals surface area contributed by atoms with E-state index < -0.39 is 0 Å². The fraction of sp³-hybridized carbons (Fsp3) is 0.636. The van der Waals surface area contributed by atoms with Crippen molar-refractivity contribution >= 4 is 17.5 Å². The SMILES string of the molecule is CC(C)C(=O)N1CCc2nc3cc(C4CCCN(C(=O)C(C)C)C4)[nH]n3c(=O)c2C1. The number of rotatable bonds is 3. The number of piperidine rings is 1. The van der Waals surface area contributed by atoms with E-state index >= 15 is 0 Å². The molecule has 8 heteroatoms. The highest BCUT2D eigenvalue weighted by atomic mass is 16.2. The molecule has 1 saturated heterocycles. The van der Waals surface area contributed by atoms with Gasteiger partial charge in [0.05, 0.1) is 17.8 Å². The Kier molecular flexibility index (Phi) is 5.42. The van der Waals surface area contributed by atoms with Gasteiger partial charge in [0.25, 0.3) is 5.56 Å². The second kappa shape index (κ2) is 7.89. The maximum Gasteiger partial charge on any atom is 0.277 e. The molecule has 2 aliphatic heterocycles. The summed E-state index contributed by atoms with van der Waals surface area (Å²) in [7, 11) is 0. The lowest BCUT2D eigenvalue weighted by atomic mass is 9.94. The average molecular weight is 414 g/mol. The number of carbonyl (C=O) groups excluding carboxylic acids is 2. The van der Waals surface area contributed by atoms with Gasteiger partial charge in [-0.2, -0.15) is 0 Å². The molecule has 4 rings (SSSR count). The number of aromatic nitrogens is 3. The van der Waals surface area contributed by atoms with Gasteiger partial charge in [-0.3, -0.25) is 19.5 Å². The molecule has 2 amide bonds. The van der Waals surface area contributed by atoms with Crippen molar-refractivity contribution in [1.82, 2.24) is 24.4 Å². The van der Waals surface area contributed by atoms with E-state index in [4.69, 9.17) is 4.98 Å². The molecule has 2 aromatic heterocycles. The van der Waals surface area contributed by atoms with Crippen molar-refractivity contribution in [2.45, 2.75) is 59.4 Å². The van der Waals surface area contributed by atoms with Crippen LogP contribution < -0.4 is 5.56 Å². The van der Waals surface area contributed by atoms with Gasteiger partial charge >= 0.3 is 0 Å². The topological polar surface area (TPSA) is 90.8 Å². The summed E-state index contributed by atoms with van der Waals surface area (Å²) in [5, 5.41) is 3.24. The van der Waals surface area contributed by atoms with Crippen LogP contribution in [0.15, 0.2) is 10.9 Å². The minimum absolute atomic E-state index is 0.0148. The molecule has 8 nitrogen and oxygen atoms in total. The lowest BCUT2D eigenvalue weighted by molar-refractivity contribution is -0.136. The quantitative estimate of drug-likeness (QED) is 0.832. The van der Waals surface area contributed by atoms with Crippen LogP contribution in [-0.2, 0) is 22.6 Å². The molecule has 2 aromatic rings. The molecule has 0 saturated carbocycles. The summed E-state index contributed by atoms with van der Waals surface area (Å²) in [5.41, 5.74) is 2.82. The Balaban J connectivity index is 1.63. The molecule has 30 heavy (non-hydrogen) atoms. The van der Waals surface area contributed by atoms with Crippen LogP contribution in [-0.4, -0.2) is 55.8 Å². The van der Waals surface area contributed by atoms with Crippen LogP contribution in [0.25, 0.3) is 5.65 Å². The second-order valence-electron chi connectivity index (χ2n) is 9.19. The van der Waals surface area contributed by atoms with Crippen LogP contribution in [0, 0.1) is 11.8 Å². The lowest BCUT2D eigenvalue weighted by Crippen LogP contribution is -2.42. The molecule has 162 valence electrons. The highest BCUT2D eigenvalue weighted by Crippen LogP contribution is 2.27. The van der Waals surface area contributed by atoms with Crippen LogP contribution >= 0.6 is 0 Å². The van der Waals surface area contributed by atoms with Gasteiger partial charge in [0.1, 0.15) is 0 Å². The molecule has 0 bridgehead atoms. The second-order valence-corrected chi connectivity index (χ2v) is 9.19. The molecule has 0 aliphatic carbocycles. The van der Waals surface area contributed by atoms with Crippen molar-refractivity contribution in [3.8, 4) is 0 Å². The number of carbonyl (C=O) groups is 2. The van der Waals surface area contributed by atoms with E-state index in [1.54, 1.807) is 4.90 Å². The fourth-order valence-electron chi connectivity index (χ4n) is 4.56. The number of aromatic amines is 1. The van der Waals surface area contributed by atoms with Gasteiger partial charge in [-0.15, -0.1) is 0 Å². The molecule has 1 unspecified atom stereocenters. The number of fused-ring (bicyclic) bond motifs is 2. The maximum absolute atomic E-state index is 13.2. The zero-order chi connectivity index (χ0) is 21.6. The lowest BCUT2D eigenvalue weighted by Gasteiger charge is -2.33. The predicted molar refractivity (Wildman–Crippen MR) is 113 cm³/mol. The maximum atomic E-state index is 13.2. The molecule has 0 radical (unpaired) electrons. The Morgan fingerprint density at radius 1 is 1.10 bits per heavy atom. The molecule has 1 fully saturated rings. The highest BCUT2D eigenvalue weighted by molar-refractivity contribution is 5.78. The van der Waals surface area contributed by atoms with Crippen molar-refractivity contribution in [2.75, 3.05) is 19.6 Å². The predicted octanol–water partition coefficient (Wildman–Crippen LogP) is 1.93. The summed E-state index contributed by atoms with van der Waals surface area (Å²) in [6.45, 7) is 9.97. The van der Waals surface area contributed by atoms with Crippen molar-refractivity contribution in [3.05, 3.63) is 33.4 Å². The zero-order valence-electron chi connectivity index (χ0n) is 18.3. The minimum Gasteiger partial charge on any atom is -0.342 e. The highest BCUT2D eigenvalue weighted by Gasteiger charge is 2.29. The third-order valence-corrected chi connectivity index (χ3v) is 6.25. The first-order valence-electron chi connectivity index (χ1n) is 11.0. The fourth-order valence-corrected chi connectivity index (χ4v) is 4.56. The Morgan fingerprint density at radius 2 is 1.80 bits per heavy atom. The smallest absolute Gasteiger partial charge is 0.277 e. The van der Waals surface area contributed by atoms with E-state index in [1.807, 2.05) is 38.7 Å². The largest absolute Gasteiger partial charge is 0.342 e. The van der Waals surface area contributed by atoms with E-state index in [1.165, 1.54) is 4.52 Å². The third kappa shape index (κ3) is 3.63. The van der Waals surface area contributed by atoms with Gasteiger partial charge in [0.15, 0.2) is 5.65 Å². The van der Waals surface area contributed by atoms with Crippen molar-refractivity contribution in [2.24, 2.45) is 11.8 Å². The first-order valence-corrected chi connectivity index (χ1v) is 11.0. The van der Waals surface area contributed by atoms with Crippen LogP contribution in [0.2, 0.25) is 0 Å². The molecular formula is C22H31N5O3. The first kappa shape index (κ1) is 20.6. The summed E-state index contributed by atoms with van der Waals surface area (Å²) >= 11 is 0. The van der Waals surface area contributed by atoms with Crippen molar-refractivity contribution < 1.29 is 9.59 Å². The minimum atomic E-state index is -0.131. The third-order valence-electron chi connectivity index (χ3n) is 6.25. The molecule has 1 atom stereocenters. The molecule has 0 spiro atoms. The number of amides is 2. The Morgan fingerprint density at radius 3 is 2.50 bits per heavy atom. The Labute approximate surface area is 176 Å². The van der Waals surface area contributed by atoms with Gasteiger partial charge in [-0.05, 0) is 12.8 Å². The summed E-state index contributed by atoms with van der Waals surface area (Å²) in [4.78, 5) is 46.4. The van der Waals surface area contributed by atoms with Crippen molar-refractivity contribution in [3.63, 3.8) is 0 Å². The van der Waals surface area contributed by atoms with Gasteiger partial charge in [0.2, 0.25) is 11.8 Å². The number of hydrogen-bond donors (Lipinski definition) is 1. The summed E-state index contributed by atoms with van der Waals surface area (Å²) < 4.78 is 1.50. The zero-order valence-corrected chi connectivity index (χ0v) is 18.3. The van der Waals surface area contributed by atoms with Crippen LogP contribution in [0.5, 0.6) is 0 Å². The molecule has 1 N–H and O–H groups in total. The number of H-pyrrole nitrogens is 1. The number of hydrogen-bond acceptors (Lipinski definition) is 4. The van der Waals surface area contributed by atoms with E-state index in [0.29, 0.717) is 37.3 Å². The summed E-state index contributed by atoms with van der Waals surface area (Å²) in [5.74, 6) is 0.300. The summed E-state index contributed by atoms with van der Waals surface area (Å²) in [6.07, 6.45) is 2.52. The van der Waals surface area contributed by atoms with E-state index in [2.05, 4.69) is 5.10 Å². The van der Waals surface area contributed by atoms with E-state index in [9.17, 15) is 14.4 Å². The molecular weight excluding hydrogens is 382 g/mol. The molecule has 2 aliphatic rings. The molecule has 0 aromatic carbocycles. The number of nitrogens with zero attached hydrogens (tertiary/aromatic N) is 4. The number of likely N-dealkylation sites (tertiary alicyclic amines) is 1. The van der Waals surface area contributed by atoms with Crippen LogP contribution in [0.4, 0.5) is 0 Å². The van der Waals surface area contributed by atoms with E-state index in [-0.39, 0.29) is 35.1 Å². The monoisotopic (exact) mass is 413 g/mol. The summed E-state index contributed by atoms with van der Waals surface area (Å²) in [6, 6.07) is 1.95. The normalized spacial score (nSPS) is 19.6. The van der Waals surface area contributed by atoms with Gasteiger partial charge in [-0.25, -0.2) is 9.50 Å². The van der Waals surface area contributed by atoms with Crippen LogP contribution in [0.1, 0.15) is 63.4 Å². The average Bonchev–Trinajstić information content (AvgIpc) is 3.17. The number of nitrogens with one attached hydrogen (secondary N) is 1. The van der Waals surface area contributed by atoms with Crippen molar-refractivity contribution in [1.29, 1.82) is 0 Å².